The number of ketones is 1. The minimum absolute atomic E-state index is 0. The third-order valence-corrected chi connectivity index (χ3v) is 2.72. The summed E-state index contributed by atoms with van der Waals surface area (Å²) in [5.74, 6) is -2.23. The van der Waals surface area contributed by atoms with Gasteiger partial charge >= 0.3 is 11.9 Å². The average Bonchev–Trinajstić information content (AvgIpc) is 2.67. The summed E-state index contributed by atoms with van der Waals surface area (Å²) in [4.78, 5) is 40.0. The van der Waals surface area contributed by atoms with Crippen LogP contribution in [-0.4, -0.2) is 47.0 Å². The fourth-order valence-corrected chi connectivity index (χ4v) is 1.49. The summed E-state index contributed by atoms with van der Waals surface area (Å²) < 4.78 is 8.60. The summed E-state index contributed by atoms with van der Waals surface area (Å²) >= 11 is 0. The number of rotatable bonds is 4. The molecule has 0 saturated heterocycles. The molecule has 1 N–H and O–H groups in total. The highest BCUT2D eigenvalue weighted by molar-refractivity contribution is 6.40. The first kappa shape index (κ1) is 21.9. The van der Waals surface area contributed by atoms with Crippen molar-refractivity contribution in [2.45, 2.75) is 13.5 Å². The smallest absolute Gasteiger partial charge is 0.379 e. The van der Waals surface area contributed by atoms with Gasteiger partial charge in [0, 0.05) is 35.9 Å². The van der Waals surface area contributed by atoms with Gasteiger partial charge in [-0.1, -0.05) is 13.5 Å². The number of hydrogen-bond acceptors (Lipinski definition) is 8. The van der Waals surface area contributed by atoms with E-state index in [1.54, 1.807) is 24.4 Å². The Labute approximate surface area is 145 Å². The van der Waals surface area contributed by atoms with Crippen molar-refractivity contribution >= 4 is 17.7 Å². The Morgan fingerprint density at radius 2 is 1.60 bits per heavy atom. The first-order valence-electron chi connectivity index (χ1n) is 6.69. The van der Waals surface area contributed by atoms with E-state index in [-0.39, 0.29) is 13.0 Å². The molecule has 0 aliphatic rings. The zero-order valence-corrected chi connectivity index (χ0v) is 13.1. The first-order valence-corrected chi connectivity index (χ1v) is 6.69. The van der Waals surface area contributed by atoms with Gasteiger partial charge in [0.15, 0.2) is 6.10 Å². The standard InChI is InChI=1S/C8H9NO3.C8H7NO3.CH4/c2*1-12-8(11)7(10)6-3-2-4-9-5-6;/h2-5,7,10H,1H3;2-5H,1H3;1H4. The van der Waals surface area contributed by atoms with E-state index >= 15 is 0 Å². The molecule has 0 spiro atoms. The number of esters is 2. The maximum Gasteiger partial charge on any atom is 0.379 e. The molecule has 0 aromatic carbocycles. The fourth-order valence-electron chi connectivity index (χ4n) is 1.49. The molecule has 0 amide bonds. The number of nitrogens with zero attached hydrogens (tertiary/aromatic N) is 2. The summed E-state index contributed by atoms with van der Waals surface area (Å²) in [6.07, 6.45) is 4.59. The molecule has 2 aromatic rings. The Hall–Kier alpha value is -3.13. The summed E-state index contributed by atoms with van der Waals surface area (Å²) in [5, 5.41) is 9.27. The Morgan fingerprint density at radius 1 is 1.00 bits per heavy atom. The highest BCUT2D eigenvalue weighted by Crippen LogP contribution is 2.11. The van der Waals surface area contributed by atoms with E-state index < -0.39 is 23.8 Å². The molecular formula is C17H20N2O6. The molecule has 1 atom stereocenters. The lowest BCUT2D eigenvalue weighted by Crippen LogP contribution is -2.15. The normalized spacial score (nSPS) is 10.2. The maximum atomic E-state index is 11.1. The Balaban J connectivity index is 0.000000443. The van der Waals surface area contributed by atoms with E-state index in [4.69, 9.17) is 0 Å². The zero-order valence-electron chi connectivity index (χ0n) is 13.1. The van der Waals surface area contributed by atoms with Gasteiger partial charge in [0.25, 0.3) is 5.78 Å². The van der Waals surface area contributed by atoms with Gasteiger partial charge in [-0.15, -0.1) is 0 Å². The largest absolute Gasteiger partial charge is 0.467 e. The minimum Gasteiger partial charge on any atom is -0.467 e. The lowest BCUT2D eigenvalue weighted by Gasteiger charge is -2.06. The molecule has 25 heavy (non-hydrogen) atoms. The number of pyridine rings is 2. The van der Waals surface area contributed by atoms with E-state index in [0.717, 1.165) is 7.11 Å². The third-order valence-electron chi connectivity index (χ3n) is 2.72. The van der Waals surface area contributed by atoms with Gasteiger partial charge in [0.1, 0.15) is 0 Å². The summed E-state index contributed by atoms with van der Waals surface area (Å²) in [5.41, 5.74) is 0.675. The van der Waals surface area contributed by atoms with Gasteiger partial charge < -0.3 is 14.6 Å². The van der Waals surface area contributed by atoms with Crippen LogP contribution in [0.15, 0.2) is 49.1 Å². The topological polar surface area (TPSA) is 116 Å². The molecule has 0 bridgehead atoms. The van der Waals surface area contributed by atoms with Crippen molar-refractivity contribution in [3.63, 3.8) is 0 Å². The van der Waals surface area contributed by atoms with E-state index in [9.17, 15) is 19.5 Å². The Kier molecular flexibility index (Phi) is 9.98. The van der Waals surface area contributed by atoms with Crippen molar-refractivity contribution in [1.29, 1.82) is 0 Å². The number of aromatic nitrogens is 2. The number of hydrogen-bond donors (Lipinski definition) is 1. The van der Waals surface area contributed by atoms with Gasteiger partial charge in [-0.2, -0.15) is 0 Å². The molecular weight excluding hydrogens is 328 g/mol. The van der Waals surface area contributed by atoms with Crippen molar-refractivity contribution < 1.29 is 29.0 Å². The number of methoxy groups -OCH3 is 2. The van der Waals surface area contributed by atoms with Gasteiger partial charge in [0.2, 0.25) is 0 Å². The predicted molar refractivity (Wildman–Crippen MR) is 88.5 cm³/mol. The van der Waals surface area contributed by atoms with Crippen molar-refractivity contribution in [1.82, 2.24) is 9.97 Å². The molecule has 0 aliphatic heterocycles. The average molecular weight is 348 g/mol. The van der Waals surface area contributed by atoms with Crippen molar-refractivity contribution in [3.05, 3.63) is 60.2 Å². The van der Waals surface area contributed by atoms with Crippen LogP contribution in [0.5, 0.6) is 0 Å². The van der Waals surface area contributed by atoms with Crippen LogP contribution in [0.4, 0.5) is 0 Å². The Morgan fingerprint density at radius 3 is 2.04 bits per heavy atom. The Bertz CT molecular complexity index is 676. The molecule has 8 heteroatoms. The van der Waals surface area contributed by atoms with Crippen LogP contribution in [0.2, 0.25) is 0 Å². The van der Waals surface area contributed by atoms with Crippen LogP contribution in [-0.2, 0) is 19.1 Å². The van der Waals surface area contributed by atoms with Gasteiger partial charge in [-0.05, 0) is 18.2 Å². The molecule has 134 valence electrons. The second-order valence-corrected chi connectivity index (χ2v) is 4.27. The van der Waals surface area contributed by atoms with E-state index in [1.165, 1.54) is 31.8 Å². The minimum atomic E-state index is -1.23. The number of ether oxygens (including phenoxy) is 2. The van der Waals surface area contributed by atoms with Crippen LogP contribution >= 0.6 is 0 Å². The predicted octanol–water partition coefficient (Wildman–Crippen LogP) is 1.36. The van der Waals surface area contributed by atoms with E-state index in [1.807, 2.05) is 0 Å². The number of aliphatic hydroxyl groups is 1. The van der Waals surface area contributed by atoms with Crippen LogP contribution < -0.4 is 0 Å². The van der Waals surface area contributed by atoms with Crippen molar-refractivity contribution in [2.75, 3.05) is 14.2 Å². The van der Waals surface area contributed by atoms with Crippen LogP contribution in [0, 0.1) is 0 Å². The molecule has 2 heterocycles. The highest BCUT2D eigenvalue weighted by Gasteiger charge is 2.17. The van der Waals surface area contributed by atoms with Crippen molar-refractivity contribution in [3.8, 4) is 0 Å². The lowest BCUT2D eigenvalue weighted by molar-refractivity contribution is -0.150. The maximum absolute atomic E-state index is 11.1. The van der Waals surface area contributed by atoms with Crippen LogP contribution in [0.1, 0.15) is 29.5 Å². The summed E-state index contributed by atoms with van der Waals surface area (Å²) in [6.45, 7) is 0. The lowest BCUT2D eigenvalue weighted by atomic mass is 10.2. The molecule has 2 aromatic heterocycles. The highest BCUT2D eigenvalue weighted by atomic mass is 16.5. The monoisotopic (exact) mass is 348 g/mol. The molecule has 8 nitrogen and oxygen atoms in total. The number of carbonyl (C=O) groups is 3. The van der Waals surface area contributed by atoms with Crippen LogP contribution in [0.3, 0.4) is 0 Å². The van der Waals surface area contributed by atoms with Gasteiger partial charge in [-0.3, -0.25) is 14.8 Å². The van der Waals surface area contributed by atoms with Gasteiger partial charge in [-0.25, -0.2) is 9.59 Å². The van der Waals surface area contributed by atoms with E-state index in [0.29, 0.717) is 5.56 Å². The SMILES string of the molecule is C.COC(=O)C(=O)c1cccnc1.COC(=O)C(O)c1cccnc1. The quantitative estimate of drug-likeness (QED) is 0.500. The molecule has 2 rings (SSSR count). The molecule has 0 saturated carbocycles. The first-order chi connectivity index (χ1) is 11.5. The third kappa shape index (κ3) is 6.88. The number of carbonyl (C=O) groups excluding carboxylic acids is 3. The molecule has 0 fully saturated rings. The second kappa shape index (κ2) is 11.4. The molecule has 0 aliphatic carbocycles. The number of Topliss-reactive ketones (excluding diaryl/α,β-unsaturated/α-hetero) is 1. The fraction of sp³-hybridized carbons (Fsp3) is 0.235. The molecule has 0 radical (unpaired) electrons. The van der Waals surface area contributed by atoms with E-state index in [2.05, 4.69) is 19.4 Å². The van der Waals surface area contributed by atoms with Gasteiger partial charge in [0.05, 0.1) is 14.2 Å². The zero-order chi connectivity index (χ0) is 17.9. The van der Waals surface area contributed by atoms with Crippen LogP contribution in [0.25, 0.3) is 0 Å². The second-order valence-electron chi connectivity index (χ2n) is 4.27. The summed E-state index contributed by atoms with van der Waals surface area (Å²) in [6, 6.07) is 6.33. The number of aliphatic hydroxyl groups excluding tert-OH is 1. The van der Waals surface area contributed by atoms with Crippen molar-refractivity contribution in [2.24, 2.45) is 0 Å². The summed E-state index contributed by atoms with van der Waals surface area (Å²) in [7, 11) is 2.39. The molecule has 1 unspecified atom stereocenters.